The summed E-state index contributed by atoms with van der Waals surface area (Å²) in [7, 11) is 0. The number of rotatable bonds is 2. The van der Waals surface area contributed by atoms with E-state index in [0.29, 0.717) is 3.57 Å². The predicted octanol–water partition coefficient (Wildman–Crippen LogP) is 4.89. The lowest BCUT2D eigenvalue weighted by Crippen LogP contribution is -2.17. The molecule has 0 N–H and O–H groups in total. The van der Waals surface area contributed by atoms with E-state index in [-0.39, 0.29) is 5.75 Å². The van der Waals surface area contributed by atoms with E-state index < -0.39 is 23.6 Å². The minimum Gasteiger partial charge on any atom is -0.394 e. The maximum atomic E-state index is 12.8. The highest BCUT2D eigenvalue weighted by Crippen LogP contribution is 2.36. The highest BCUT2D eigenvalue weighted by molar-refractivity contribution is 14.1. The van der Waals surface area contributed by atoms with Crippen LogP contribution in [0.25, 0.3) is 0 Å². The monoisotopic (exact) mass is 408 g/mol. The Balaban J connectivity index is 2.16. The van der Waals surface area contributed by atoms with Crippen molar-refractivity contribution < 1.29 is 27.4 Å². The van der Waals surface area contributed by atoms with Crippen molar-refractivity contribution in [2.45, 2.75) is 6.18 Å². The number of carbonyl (C=O) groups excluding carboxylic acids is 1. The van der Waals surface area contributed by atoms with Crippen LogP contribution in [0.2, 0.25) is 0 Å². The molecule has 0 saturated heterocycles. The lowest BCUT2D eigenvalue weighted by atomic mass is 10.2. The predicted molar refractivity (Wildman–Crippen MR) is 77.3 cm³/mol. The molecule has 7 heteroatoms. The van der Waals surface area contributed by atoms with E-state index in [9.17, 15) is 18.0 Å². The molecule has 0 aliphatic rings. The lowest BCUT2D eigenvalue weighted by molar-refractivity contribution is -0.138. The zero-order valence-electron chi connectivity index (χ0n) is 10.4. The van der Waals surface area contributed by atoms with Gasteiger partial charge in [0, 0.05) is 0 Å². The number of alkyl halides is 3. The van der Waals surface area contributed by atoms with Gasteiger partial charge in [0.2, 0.25) is 0 Å². The third-order valence-electron chi connectivity index (χ3n) is 2.42. The number of hydrogen-bond donors (Lipinski definition) is 0. The van der Waals surface area contributed by atoms with Crippen LogP contribution >= 0.6 is 22.6 Å². The van der Waals surface area contributed by atoms with Crippen LogP contribution in [-0.4, -0.2) is 6.16 Å². The Hall–Kier alpha value is -1.77. The molecule has 0 spiro atoms. The van der Waals surface area contributed by atoms with Crippen LogP contribution in [0.15, 0.2) is 48.5 Å². The van der Waals surface area contributed by atoms with Gasteiger partial charge < -0.3 is 9.47 Å². The first-order chi connectivity index (χ1) is 9.88. The van der Waals surface area contributed by atoms with Crippen molar-refractivity contribution in [3.05, 3.63) is 57.7 Å². The fourth-order valence-corrected chi connectivity index (χ4v) is 2.02. The standard InChI is InChI=1S/C14H8F3IO3/c15-14(16,17)9-5-1-3-7-11(9)20-13(19)21-12-8-4-2-6-10(12)18/h1-8H. The van der Waals surface area contributed by atoms with Crippen molar-refractivity contribution in [2.75, 3.05) is 0 Å². The zero-order chi connectivity index (χ0) is 15.5. The molecule has 110 valence electrons. The smallest absolute Gasteiger partial charge is 0.394 e. The molecule has 0 aliphatic carbocycles. The summed E-state index contributed by atoms with van der Waals surface area (Å²) in [6.07, 6.45) is -5.84. The molecule has 0 atom stereocenters. The van der Waals surface area contributed by atoms with Crippen LogP contribution < -0.4 is 9.47 Å². The van der Waals surface area contributed by atoms with Gasteiger partial charge in [-0.3, -0.25) is 0 Å². The second-order valence-electron chi connectivity index (χ2n) is 3.88. The molecule has 0 unspecified atom stereocenters. The van der Waals surface area contributed by atoms with Gasteiger partial charge in [-0.1, -0.05) is 24.3 Å². The minimum absolute atomic E-state index is 0.215. The molecule has 0 bridgehead atoms. The van der Waals surface area contributed by atoms with Crippen LogP contribution in [-0.2, 0) is 6.18 Å². The first kappa shape index (κ1) is 15.6. The molecule has 0 aliphatic heterocycles. The van der Waals surface area contributed by atoms with Gasteiger partial charge in [-0.25, -0.2) is 4.79 Å². The van der Waals surface area contributed by atoms with E-state index >= 15 is 0 Å². The van der Waals surface area contributed by atoms with Crippen molar-refractivity contribution in [3.63, 3.8) is 0 Å². The molecular formula is C14H8F3IO3. The molecule has 2 rings (SSSR count). The van der Waals surface area contributed by atoms with Crippen molar-refractivity contribution >= 4 is 28.7 Å². The zero-order valence-corrected chi connectivity index (χ0v) is 12.5. The van der Waals surface area contributed by atoms with Crippen molar-refractivity contribution in [1.29, 1.82) is 0 Å². The Bertz CT molecular complexity index is 656. The second-order valence-corrected chi connectivity index (χ2v) is 5.04. The van der Waals surface area contributed by atoms with E-state index in [1.807, 2.05) is 22.6 Å². The molecule has 3 nitrogen and oxygen atoms in total. The Kier molecular flexibility index (Phi) is 4.71. The summed E-state index contributed by atoms with van der Waals surface area (Å²) in [5.74, 6) is -0.381. The number of carbonyl (C=O) groups is 1. The first-order valence-corrected chi connectivity index (χ1v) is 6.76. The summed E-state index contributed by atoms with van der Waals surface area (Å²) in [5.41, 5.74) is -1.04. The highest BCUT2D eigenvalue weighted by atomic mass is 127. The number of para-hydroxylation sites is 2. The summed E-state index contributed by atoms with van der Waals surface area (Å²) in [6.45, 7) is 0. The Morgan fingerprint density at radius 2 is 1.43 bits per heavy atom. The SMILES string of the molecule is O=C(Oc1ccccc1I)Oc1ccccc1C(F)(F)F. The summed E-state index contributed by atoms with van der Waals surface area (Å²) in [4.78, 5) is 11.6. The Morgan fingerprint density at radius 3 is 2.05 bits per heavy atom. The molecule has 0 heterocycles. The van der Waals surface area contributed by atoms with E-state index in [0.717, 1.165) is 12.1 Å². The van der Waals surface area contributed by atoms with Gasteiger partial charge in [0.25, 0.3) is 0 Å². The van der Waals surface area contributed by atoms with Crippen LogP contribution in [0.1, 0.15) is 5.56 Å². The van der Waals surface area contributed by atoms with Gasteiger partial charge in [-0.2, -0.15) is 13.2 Å². The van der Waals surface area contributed by atoms with Gasteiger partial charge >= 0.3 is 12.3 Å². The second kappa shape index (κ2) is 6.33. The molecule has 0 saturated carbocycles. The van der Waals surface area contributed by atoms with Gasteiger partial charge in [-0.05, 0) is 46.9 Å². The lowest BCUT2D eigenvalue weighted by Gasteiger charge is -2.12. The highest BCUT2D eigenvalue weighted by Gasteiger charge is 2.34. The van der Waals surface area contributed by atoms with Crippen LogP contribution in [0, 0.1) is 3.57 Å². The van der Waals surface area contributed by atoms with E-state index in [4.69, 9.17) is 4.74 Å². The number of ether oxygens (including phenoxy) is 2. The quantitative estimate of drug-likeness (QED) is 0.404. The van der Waals surface area contributed by atoms with Crippen molar-refractivity contribution in [1.82, 2.24) is 0 Å². The van der Waals surface area contributed by atoms with E-state index in [1.54, 1.807) is 18.2 Å². The van der Waals surface area contributed by atoms with E-state index in [1.165, 1.54) is 18.2 Å². The van der Waals surface area contributed by atoms with Gasteiger partial charge in [-0.15, -0.1) is 0 Å². The molecule has 0 aromatic heterocycles. The normalized spacial score (nSPS) is 11.0. The summed E-state index contributed by atoms with van der Waals surface area (Å²) < 4.78 is 48.4. The topological polar surface area (TPSA) is 35.5 Å². The average molecular weight is 408 g/mol. The number of hydrogen-bond acceptors (Lipinski definition) is 3. The van der Waals surface area contributed by atoms with Crippen LogP contribution in [0.3, 0.4) is 0 Å². The minimum atomic E-state index is -4.61. The van der Waals surface area contributed by atoms with Crippen LogP contribution in [0.4, 0.5) is 18.0 Å². The third kappa shape index (κ3) is 4.10. The fraction of sp³-hybridized carbons (Fsp3) is 0.0714. The largest absolute Gasteiger partial charge is 0.519 e. The molecular weight excluding hydrogens is 400 g/mol. The Morgan fingerprint density at radius 1 is 0.905 bits per heavy atom. The molecule has 2 aromatic carbocycles. The maximum absolute atomic E-state index is 12.8. The molecule has 0 fully saturated rings. The molecule has 0 radical (unpaired) electrons. The number of halogens is 4. The summed E-state index contributed by atoms with van der Waals surface area (Å²) in [6, 6.07) is 11.0. The number of benzene rings is 2. The van der Waals surface area contributed by atoms with E-state index in [2.05, 4.69) is 4.74 Å². The first-order valence-electron chi connectivity index (χ1n) is 5.68. The fourth-order valence-electron chi connectivity index (χ4n) is 1.52. The van der Waals surface area contributed by atoms with Gasteiger partial charge in [0.1, 0.15) is 11.5 Å². The maximum Gasteiger partial charge on any atom is 0.519 e. The summed E-state index contributed by atoms with van der Waals surface area (Å²) in [5, 5.41) is 0. The van der Waals surface area contributed by atoms with Crippen LogP contribution in [0.5, 0.6) is 11.5 Å². The molecule has 0 amide bonds. The Labute approximate surface area is 131 Å². The third-order valence-corrected chi connectivity index (χ3v) is 3.31. The average Bonchev–Trinajstić information content (AvgIpc) is 2.41. The van der Waals surface area contributed by atoms with Gasteiger partial charge in [0.15, 0.2) is 0 Å². The van der Waals surface area contributed by atoms with Crippen molar-refractivity contribution in [2.24, 2.45) is 0 Å². The van der Waals surface area contributed by atoms with Crippen molar-refractivity contribution in [3.8, 4) is 11.5 Å². The summed E-state index contributed by atoms with van der Waals surface area (Å²) >= 11 is 1.93. The van der Waals surface area contributed by atoms with Gasteiger partial charge in [0.05, 0.1) is 9.13 Å². The molecule has 21 heavy (non-hydrogen) atoms. The molecule has 2 aromatic rings.